The number of halogens is 1. The van der Waals surface area contributed by atoms with Crippen LogP contribution in [0, 0.1) is 19.8 Å². The van der Waals surface area contributed by atoms with Crippen molar-refractivity contribution in [1.29, 1.82) is 0 Å². The molecule has 3 aromatic rings. The van der Waals surface area contributed by atoms with Crippen molar-refractivity contribution in [2.45, 2.75) is 26.3 Å². The van der Waals surface area contributed by atoms with E-state index in [0.29, 0.717) is 18.7 Å². The van der Waals surface area contributed by atoms with Crippen LogP contribution in [-0.4, -0.2) is 22.3 Å². The zero-order chi connectivity index (χ0) is 19.8. The smallest absolute Gasteiger partial charge is 0.246 e. The summed E-state index contributed by atoms with van der Waals surface area (Å²) in [5.74, 6) is -0.449. The van der Waals surface area contributed by atoms with Gasteiger partial charge in [0.05, 0.1) is 6.54 Å². The number of aromatic nitrogens is 1. The molecule has 0 unspecified atom stereocenters. The first kappa shape index (κ1) is 18.6. The van der Waals surface area contributed by atoms with Crippen LogP contribution in [0.15, 0.2) is 55.3 Å². The van der Waals surface area contributed by atoms with Crippen LogP contribution in [-0.2, 0) is 11.3 Å². The quantitative estimate of drug-likeness (QED) is 0.452. The number of rotatable bonds is 3. The van der Waals surface area contributed by atoms with E-state index in [1.165, 1.54) is 21.4 Å². The van der Waals surface area contributed by atoms with E-state index in [2.05, 4.69) is 30.6 Å². The molecular formula is C23H21FN2OS. The van der Waals surface area contributed by atoms with Crippen LogP contribution in [0.5, 0.6) is 0 Å². The summed E-state index contributed by atoms with van der Waals surface area (Å²) >= 11 is 1.74. The van der Waals surface area contributed by atoms with Gasteiger partial charge < -0.3 is 4.90 Å². The van der Waals surface area contributed by atoms with Gasteiger partial charge in [-0.25, -0.2) is 4.98 Å². The van der Waals surface area contributed by atoms with Gasteiger partial charge in [-0.3, -0.25) is 4.79 Å². The highest BCUT2D eigenvalue weighted by atomic mass is 32.1. The molecule has 1 aliphatic heterocycles. The second-order valence-electron chi connectivity index (χ2n) is 7.13. The zero-order valence-corrected chi connectivity index (χ0v) is 16.7. The molecule has 5 heteroatoms. The van der Waals surface area contributed by atoms with Crippen molar-refractivity contribution in [3.63, 3.8) is 0 Å². The monoisotopic (exact) mass is 392 g/mol. The van der Waals surface area contributed by atoms with Gasteiger partial charge in [-0.1, -0.05) is 30.8 Å². The third-order valence-corrected chi connectivity index (χ3v) is 6.28. The fraction of sp³-hybridized carbons (Fsp3) is 0.217. The van der Waals surface area contributed by atoms with Crippen molar-refractivity contribution in [3.8, 4) is 11.1 Å². The molecule has 0 spiro atoms. The van der Waals surface area contributed by atoms with Gasteiger partial charge in [0.1, 0.15) is 0 Å². The minimum absolute atomic E-state index is 0.0548. The highest BCUT2D eigenvalue weighted by Gasteiger charge is 2.31. The summed E-state index contributed by atoms with van der Waals surface area (Å²) in [6.07, 6.45) is 2.96. The topological polar surface area (TPSA) is 33.2 Å². The molecule has 0 N–H and O–H groups in total. The number of carbonyl (C=O) groups is 1. The van der Waals surface area contributed by atoms with Crippen LogP contribution in [0.1, 0.15) is 32.4 Å². The number of hydrogen-bond acceptors (Lipinski definition) is 3. The van der Waals surface area contributed by atoms with E-state index in [4.69, 9.17) is 0 Å². The Morgan fingerprint density at radius 2 is 2.07 bits per heavy atom. The lowest BCUT2D eigenvalue weighted by atomic mass is 9.84. The third-order valence-electron chi connectivity index (χ3n) is 5.23. The predicted octanol–water partition coefficient (Wildman–Crippen LogP) is 5.23. The predicted molar refractivity (Wildman–Crippen MR) is 111 cm³/mol. The molecule has 3 nitrogen and oxygen atoms in total. The van der Waals surface area contributed by atoms with Crippen LogP contribution in [0.2, 0.25) is 0 Å². The van der Waals surface area contributed by atoms with Gasteiger partial charge in [-0.2, -0.15) is 4.39 Å². The fourth-order valence-electron chi connectivity index (χ4n) is 3.89. The number of amides is 1. The third kappa shape index (κ3) is 3.27. The van der Waals surface area contributed by atoms with Gasteiger partial charge in [0.15, 0.2) is 0 Å². The van der Waals surface area contributed by atoms with Crippen LogP contribution in [0.3, 0.4) is 0 Å². The largest absolute Gasteiger partial charge is 0.333 e. The molecule has 0 saturated carbocycles. The average Bonchev–Trinajstić information content (AvgIpc) is 3.08. The first-order chi connectivity index (χ1) is 13.5. The normalized spacial score (nSPS) is 16.0. The van der Waals surface area contributed by atoms with E-state index in [1.807, 2.05) is 29.2 Å². The molecular weight excluding hydrogens is 371 g/mol. The first-order valence-corrected chi connectivity index (χ1v) is 10.0. The summed E-state index contributed by atoms with van der Waals surface area (Å²) in [4.78, 5) is 20.6. The maximum absolute atomic E-state index is 13.7. The van der Waals surface area contributed by atoms with Gasteiger partial charge in [0.25, 0.3) is 0 Å². The fourth-order valence-corrected chi connectivity index (χ4v) is 5.00. The molecule has 0 aliphatic carbocycles. The molecule has 142 valence electrons. The Kier molecular flexibility index (Phi) is 4.85. The Labute approximate surface area is 168 Å². The maximum Gasteiger partial charge on any atom is 0.246 e. The summed E-state index contributed by atoms with van der Waals surface area (Å²) in [6.45, 7) is 8.68. The molecule has 0 saturated heterocycles. The Morgan fingerprint density at radius 1 is 1.29 bits per heavy atom. The van der Waals surface area contributed by atoms with E-state index < -0.39 is 5.95 Å². The number of fused-ring (bicyclic) bond motifs is 1. The first-order valence-electron chi connectivity index (χ1n) is 9.20. The second-order valence-corrected chi connectivity index (χ2v) is 8.47. The van der Waals surface area contributed by atoms with Gasteiger partial charge in [-0.05, 0) is 48.7 Å². The van der Waals surface area contributed by atoms with Crippen molar-refractivity contribution in [2.75, 3.05) is 6.54 Å². The van der Waals surface area contributed by atoms with Crippen LogP contribution in [0.4, 0.5) is 4.39 Å². The number of thiophene rings is 1. The second kappa shape index (κ2) is 7.32. The maximum atomic E-state index is 13.7. The van der Waals surface area contributed by atoms with Crippen molar-refractivity contribution >= 4 is 17.2 Å². The van der Waals surface area contributed by atoms with Gasteiger partial charge in [0.2, 0.25) is 11.9 Å². The van der Waals surface area contributed by atoms with Crippen molar-refractivity contribution in [1.82, 2.24) is 9.88 Å². The molecule has 1 atom stereocenters. The molecule has 3 heterocycles. The summed E-state index contributed by atoms with van der Waals surface area (Å²) in [5, 5.41) is 0. The Hall–Kier alpha value is -2.79. The average molecular weight is 392 g/mol. The van der Waals surface area contributed by atoms with Crippen LogP contribution < -0.4 is 0 Å². The Balaban J connectivity index is 1.85. The minimum Gasteiger partial charge on any atom is -0.333 e. The van der Waals surface area contributed by atoms with Gasteiger partial charge >= 0.3 is 0 Å². The number of carbonyl (C=O) groups excluding carboxylic acids is 1. The number of aryl methyl sites for hydroxylation is 2. The standard InChI is InChI=1S/C23H21FN2OS/c1-4-22(27)26-12-20(19-10-15(3)28-21(19)13-26)18-8-6-5-7-17(18)16-9-14(2)23(24)25-11-16/h4-11,20H,1,12-13H2,2-3H3/t20-/m1/s1. The summed E-state index contributed by atoms with van der Waals surface area (Å²) in [6, 6.07) is 12.2. The molecule has 1 amide bonds. The molecule has 0 radical (unpaired) electrons. The van der Waals surface area contributed by atoms with E-state index >= 15 is 0 Å². The van der Waals surface area contributed by atoms with Gasteiger partial charge in [0, 0.05) is 39.5 Å². The lowest BCUT2D eigenvalue weighted by Gasteiger charge is -2.33. The van der Waals surface area contributed by atoms with E-state index in [9.17, 15) is 9.18 Å². The van der Waals surface area contributed by atoms with Gasteiger partial charge in [-0.15, -0.1) is 11.3 Å². The number of benzene rings is 1. The van der Waals surface area contributed by atoms with Crippen molar-refractivity contribution in [3.05, 3.63) is 87.6 Å². The van der Waals surface area contributed by atoms with E-state index in [0.717, 1.165) is 16.7 Å². The zero-order valence-electron chi connectivity index (χ0n) is 15.9. The summed E-state index contributed by atoms with van der Waals surface area (Å²) in [5.41, 5.74) is 4.82. The molecule has 28 heavy (non-hydrogen) atoms. The molecule has 4 rings (SSSR count). The van der Waals surface area contributed by atoms with E-state index in [1.54, 1.807) is 24.5 Å². The molecule has 0 fully saturated rings. The van der Waals surface area contributed by atoms with Crippen LogP contribution >= 0.6 is 11.3 Å². The highest BCUT2D eigenvalue weighted by molar-refractivity contribution is 7.12. The Bertz CT molecular complexity index is 1070. The van der Waals surface area contributed by atoms with Crippen LogP contribution in [0.25, 0.3) is 11.1 Å². The molecule has 1 aliphatic rings. The minimum atomic E-state index is -0.447. The molecule has 2 aromatic heterocycles. The SMILES string of the molecule is C=CC(=O)N1Cc2sc(C)cc2[C@@H](c2ccccc2-c2cnc(F)c(C)c2)C1. The number of pyridine rings is 1. The van der Waals surface area contributed by atoms with Crippen molar-refractivity contribution < 1.29 is 9.18 Å². The highest BCUT2D eigenvalue weighted by Crippen LogP contribution is 2.41. The summed E-state index contributed by atoms with van der Waals surface area (Å²) < 4.78 is 13.7. The van der Waals surface area contributed by atoms with Crippen molar-refractivity contribution in [2.24, 2.45) is 0 Å². The molecule has 0 bridgehead atoms. The Morgan fingerprint density at radius 3 is 2.82 bits per heavy atom. The summed E-state index contributed by atoms with van der Waals surface area (Å²) in [7, 11) is 0. The molecule has 1 aromatic carbocycles. The number of hydrogen-bond donors (Lipinski definition) is 0. The lowest BCUT2D eigenvalue weighted by Crippen LogP contribution is -2.37. The van der Waals surface area contributed by atoms with E-state index in [-0.39, 0.29) is 11.8 Å². The number of nitrogens with zero attached hydrogens (tertiary/aromatic N) is 2. The lowest BCUT2D eigenvalue weighted by molar-refractivity contribution is -0.127.